The van der Waals surface area contributed by atoms with E-state index in [0.29, 0.717) is 18.0 Å². The predicted molar refractivity (Wildman–Crippen MR) is 82.8 cm³/mol. The van der Waals surface area contributed by atoms with Gasteiger partial charge in [0.2, 0.25) is 5.91 Å². The van der Waals surface area contributed by atoms with Crippen LogP contribution in [0.4, 0.5) is 0 Å². The zero-order valence-electron chi connectivity index (χ0n) is 13.4. The molecule has 2 aliphatic rings. The number of hydrogen-bond donors (Lipinski definition) is 1. The number of carbonyl (C=O) groups excluding carboxylic acids is 1. The molecular formula is C16H31N3O. The largest absolute Gasteiger partial charge is 0.341 e. The summed E-state index contributed by atoms with van der Waals surface area (Å²) in [5.74, 6) is 0.326. The van der Waals surface area contributed by atoms with Crippen molar-refractivity contribution in [3.63, 3.8) is 0 Å². The molecule has 20 heavy (non-hydrogen) atoms. The minimum atomic E-state index is 0.0110. The highest BCUT2D eigenvalue weighted by molar-refractivity contribution is 5.81. The lowest BCUT2D eigenvalue weighted by atomic mass is 10.0. The summed E-state index contributed by atoms with van der Waals surface area (Å²) in [5, 5.41) is 3.60. The summed E-state index contributed by atoms with van der Waals surface area (Å²) in [6, 6.07) is 0.983. The van der Waals surface area contributed by atoms with Gasteiger partial charge in [-0.25, -0.2) is 0 Å². The fraction of sp³-hybridized carbons (Fsp3) is 0.938. The quantitative estimate of drug-likeness (QED) is 0.835. The lowest BCUT2D eigenvalue weighted by Crippen LogP contribution is -2.54. The molecule has 4 heteroatoms. The molecule has 2 fully saturated rings. The zero-order valence-corrected chi connectivity index (χ0v) is 13.4. The first-order valence-corrected chi connectivity index (χ1v) is 8.37. The second-order valence-electron chi connectivity index (χ2n) is 6.65. The van der Waals surface area contributed by atoms with Gasteiger partial charge in [-0.2, -0.15) is 0 Å². The van der Waals surface area contributed by atoms with Crippen LogP contribution in [0.1, 0.15) is 52.9 Å². The van der Waals surface area contributed by atoms with Crippen molar-refractivity contribution in [1.82, 2.24) is 15.1 Å². The Labute approximate surface area is 123 Å². The van der Waals surface area contributed by atoms with Gasteiger partial charge < -0.3 is 10.2 Å². The van der Waals surface area contributed by atoms with Crippen LogP contribution >= 0.6 is 0 Å². The van der Waals surface area contributed by atoms with Crippen LogP contribution in [-0.2, 0) is 4.79 Å². The average molecular weight is 281 g/mol. The molecule has 0 aromatic heterocycles. The molecule has 2 rings (SSSR count). The van der Waals surface area contributed by atoms with Crippen molar-refractivity contribution in [2.45, 2.75) is 71.0 Å². The Morgan fingerprint density at radius 1 is 1.20 bits per heavy atom. The van der Waals surface area contributed by atoms with E-state index in [1.807, 2.05) is 4.90 Å². The van der Waals surface area contributed by atoms with E-state index in [2.05, 4.69) is 31.0 Å². The first kappa shape index (κ1) is 15.8. The monoisotopic (exact) mass is 281 g/mol. The summed E-state index contributed by atoms with van der Waals surface area (Å²) in [5.41, 5.74) is 0. The van der Waals surface area contributed by atoms with E-state index in [-0.39, 0.29) is 6.04 Å². The third kappa shape index (κ3) is 3.95. The van der Waals surface area contributed by atoms with Crippen LogP contribution < -0.4 is 5.32 Å². The van der Waals surface area contributed by atoms with E-state index < -0.39 is 0 Å². The van der Waals surface area contributed by atoms with Crippen molar-refractivity contribution < 1.29 is 4.79 Å². The molecule has 0 bridgehead atoms. The first-order valence-electron chi connectivity index (χ1n) is 8.37. The topological polar surface area (TPSA) is 35.6 Å². The van der Waals surface area contributed by atoms with Crippen LogP contribution in [0, 0.1) is 0 Å². The lowest BCUT2D eigenvalue weighted by Gasteiger charge is -2.37. The second kappa shape index (κ2) is 7.41. The summed E-state index contributed by atoms with van der Waals surface area (Å²) in [4.78, 5) is 17.0. The van der Waals surface area contributed by atoms with E-state index in [4.69, 9.17) is 0 Å². The van der Waals surface area contributed by atoms with Crippen LogP contribution in [0.15, 0.2) is 0 Å². The molecule has 116 valence electrons. The molecule has 0 spiro atoms. The molecule has 4 nitrogen and oxygen atoms in total. The van der Waals surface area contributed by atoms with Gasteiger partial charge in [-0.1, -0.05) is 6.42 Å². The van der Waals surface area contributed by atoms with Crippen molar-refractivity contribution in [1.29, 1.82) is 0 Å². The van der Waals surface area contributed by atoms with Gasteiger partial charge in [-0.3, -0.25) is 9.69 Å². The van der Waals surface area contributed by atoms with Gasteiger partial charge in [0.15, 0.2) is 0 Å². The lowest BCUT2D eigenvalue weighted by molar-refractivity contribution is -0.136. The summed E-state index contributed by atoms with van der Waals surface area (Å²) in [7, 11) is 0. The normalized spacial score (nSPS) is 25.4. The second-order valence-corrected chi connectivity index (χ2v) is 6.65. The smallest absolute Gasteiger partial charge is 0.239 e. The maximum Gasteiger partial charge on any atom is 0.239 e. The fourth-order valence-corrected chi connectivity index (χ4v) is 3.49. The van der Waals surface area contributed by atoms with Crippen LogP contribution in [0.25, 0.3) is 0 Å². The van der Waals surface area contributed by atoms with Crippen molar-refractivity contribution >= 4 is 5.91 Å². The summed E-state index contributed by atoms with van der Waals surface area (Å²) < 4.78 is 0. The maximum absolute atomic E-state index is 12.6. The SMILES string of the molecule is CC(C)N(CC1CCCCN1)C(C)C(=O)N1CCCC1. The van der Waals surface area contributed by atoms with Crippen molar-refractivity contribution in [3.8, 4) is 0 Å². The van der Waals surface area contributed by atoms with Gasteiger partial charge in [-0.15, -0.1) is 0 Å². The third-order valence-electron chi connectivity index (χ3n) is 4.78. The van der Waals surface area contributed by atoms with E-state index in [0.717, 1.165) is 26.2 Å². The van der Waals surface area contributed by atoms with Gasteiger partial charge in [-0.05, 0) is 53.0 Å². The van der Waals surface area contributed by atoms with Gasteiger partial charge in [0.25, 0.3) is 0 Å². The minimum Gasteiger partial charge on any atom is -0.341 e. The van der Waals surface area contributed by atoms with Crippen molar-refractivity contribution in [2.24, 2.45) is 0 Å². The van der Waals surface area contributed by atoms with E-state index >= 15 is 0 Å². The van der Waals surface area contributed by atoms with Crippen LogP contribution in [0.3, 0.4) is 0 Å². The molecule has 1 amide bonds. The Bertz CT molecular complexity index is 307. The van der Waals surface area contributed by atoms with Gasteiger partial charge in [0.05, 0.1) is 6.04 Å². The fourth-order valence-electron chi connectivity index (χ4n) is 3.49. The maximum atomic E-state index is 12.6. The molecule has 1 N–H and O–H groups in total. The summed E-state index contributed by atoms with van der Waals surface area (Å²) >= 11 is 0. The van der Waals surface area contributed by atoms with Crippen LogP contribution in [-0.4, -0.2) is 60.0 Å². The molecule has 0 aromatic rings. The van der Waals surface area contributed by atoms with Crippen LogP contribution in [0.5, 0.6) is 0 Å². The molecule has 2 saturated heterocycles. The molecule has 2 heterocycles. The summed E-state index contributed by atoms with van der Waals surface area (Å²) in [6.07, 6.45) is 6.20. The Kier molecular flexibility index (Phi) is 5.85. The standard InChI is InChI=1S/C16H31N3O/c1-13(2)19(12-15-8-4-5-9-17-15)14(3)16(20)18-10-6-7-11-18/h13-15,17H,4-12H2,1-3H3. The third-order valence-corrected chi connectivity index (χ3v) is 4.78. The molecular weight excluding hydrogens is 250 g/mol. The molecule has 0 radical (unpaired) electrons. The summed E-state index contributed by atoms with van der Waals surface area (Å²) in [6.45, 7) is 10.5. The van der Waals surface area contributed by atoms with Gasteiger partial charge in [0.1, 0.15) is 0 Å². The van der Waals surface area contributed by atoms with Crippen molar-refractivity contribution in [3.05, 3.63) is 0 Å². The van der Waals surface area contributed by atoms with Crippen molar-refractivity contribution in [2.75, 3.05) is 26.2 Å². The number of carbonyl (C=O) groups is 1. The van der Waals surface area contributed by atoms with E-state index in [9.17, 15) is 4.79 Å². The number of rotatable bonds is 5. The highest BCUT2D eigenvalue weighted by Crippen LogP contribution is 2.16. The highest BCUT2D eigenvalue weighted by atomic mass is 16.2. The Hall–Kier alpha value is -0.610. The molecule has 0 saturated carbocycles. The molecule has 2 unspecified atom stereocenters. The van der Waals surface area contributed by atoms with Gasteiger partial charge >= 0.3 is 0 Å². The van der Waals surface area contributed by atoms with Gasteiger partial charge in [0, 0.05) is 31.7 Å². The van der Waals surface area contributed by atoms with E-state index in [1.54, 1.807) is 0 Å². The number of nitrogens with one attached hydrogen (secondary N) is 1. The minimum absolute atomic E-state index is 0.0110. The molecule has 0 aliphatic carbocycles. The Morgan fingerprint density at radius 3 is 2.45 bits per heavy atom. The molecule has 2 aliphatic heterocycles. The number of nitrogens with zero attached hydrogens (tertiary/aromatic N) is 2. The molecule has 2 atom stereocenters. The van der Waals surface area contributed by atoms with E-state index in [1.165, 1.54) is 32.1 Å². The number of piperidine rings is 1. The number of hydrogen-bond acceptors (Lipinski definition) is 3. The number of likely N-dealkylation sites (tertiary alicyclic amines) is 1. The molecule has 0 aromatic carbocycles. The Balaban J connectivity index is 1.93. The number of amides is 1. The highest BCUT2D eigenvalue weighted by Gasteiger charge is 2.30. The van der Waals surface area contributed by atoms with Crippen LogP contribution in [0.2, 0.25) is 0 Å². The first-order chi connectivity index (χ1) is 9.59. The average Bonchev–Trinajstić information content (AvgIpc) is 2.98. The zero-order chi connectivity index (χ0) is 14.5. The Morgan fingerprint density at radius 2 is 1.90 bits per heavy atom. The predicted octanol–water partition coefficient (Wildman–Crippen LogP) is 1.85.